The van der Waals surface area contributed by atoms with Crippen LogP contribution in [0.4, 0.5) is 0 Å². The summed E-state index contributed by atoms with van der Waals surface area (Å²) in [5.41, 5.74) is 0.811. The van der Waals surface area contributed by atoms with Gasteiger partial charge in [-0.2, -0.15) is 0 Å². The maximum Gasteiger partial charge on any atom is 0.254 e. The van der Waals surface area contributed by atoms with Gasteiger partial charge in [0.15, 0.2) is 0 Å². The molecule has 2 nitrogen and oxygen atoms in total. The highest BCUT2D eigenvalue weighted by Gasteiger charge is 2.14. The van der Waals surface area contributed by atoms with E-state index >= 15 is 0 Å². The first-order valence-corrected chi connectivity index (χ1v) is 6.45. The van der Waals surface area contributed by atoms with Gasteiger partial charge in [0.2, 0.25) is 0 Å². The largest absolute Gasteiger partial charge is 0.342 e. The fraction of sp³-hybridized carbons (Fsp3) is 0.462. The SMILES string of the molecule is CCN(C)C(=O)c1ccccc1SC(C)C. The molecule has 0 fully saturated rings. The average molecular weight is 237 g/mol. The molecule has 3 heteroatoms. The van der Waals surface area contributed by atoms with Crippen molar-refractivity contribution in [3.05, 3.63) is 29.8 Å². The van der Waals surface area contributed by atoms with Crippen molar-refractivity contribution < 1.29 is 4.79 Å². The zero-order valence-corrected chi connectivity index (χ0v) is 11.2. The van der Waals surface area contributed by atoms with Crippen LogP contribution in [0.25, 0.3) is 0 Å². The molecule has 1 aromatic rings. The normalized spacial score (nSPS) is 10.6. The second-order valence-electron chi connectivity index (χ2n) is 3.98. The second kappa shape index (κ2) is 5.94. The molecule has 16 heavy (non-hydrogen) atoms. The van der Waals surface area contributed by atoms with E-state index in [1.807, 2.05) is 38.2 Å². The summed E-state index contributed by atoms with van der Waals surface area (Å²) in [5.74, 6) is 0.103. The Labute approximate surface area is 102 Å². The number of carbonyl (C=O) groups is 1. The fourth-order valence-corrected chi connectivity index (χ4v) is 2.30. The predicted molar refractivity (Wildman–Crippen MR) is 70.1 cm³/mol. The van der Waals surface area contributed by atoms with Crippen LogP contribution >= 0.6 is 11.8 Å². The van der Waals surface area contributed by atoms with Crippen LogP contribution in [0.2, 0.25) is 0 Å². The van der Waals surface area contributed by atoms with E-state index in [0.717, 1.165) is 17.0 Å². The molecule has 0 N–H and O–H groups in total. The van der Waals surface area contributed by atoms with Gasteiger partial charge in [0.25, 0.3) is 5.91 Å². The van der Waals surface area contributed by atoms with E-state index in [0.29, 0.717) is 5.25 Å². The zero-order valence-electron chi connectivity index (χ0n) is 10.4. The number of thioether (sulfide) groups is 1. The molecule has 0 aliphatic heterocycles. The Kier molecular flexibility index (Phi) is 4.87. The van der Waals surface area contributed by atoms with Crippen molar-refractivity contribution in [3.8, 4) is 0 Å². The molecule has 1 aromatic carbocycles. The molecule has 0 bridgehead atoms. The van der Waals surface area contributed by atoms with E-state index in [2.05, 4.69) is 13.8 Å². The van der Waals surface area contributed by atoms with Gasteiger partial charge in [-0.15, -0.1) is 11.8 Å². The Morgan fingerprint density at radius 3 is 2.56 bits per heavy atom. The molecule has 1 rings (SSSR count). The first kappa shape index (κ1) is 13.1. The fourth-order valence-electron chi connectivity index (χ4n) is 1.35. The third-order valence-corrected chi connectivity index (χ3v) is 3.38. The van der Waals surface area contributed by atoms with E-state index in [1.54, 1.807) is 16.7 Å². The Bertz CT molecular complexity index is 363. The van der Waals surface area contributed by atoms with Gasteiger partial charge in [-0.05, 0) is 19.1 Å². The van der Waals surface area contributed by atoms with E-state index in [4.69, 9.17) is 0 Å². The van der Waals surface area contributed by atoms with Gasteiger partial charge in [-0.25, -0.2) is 0 Å². The maximum atomic E-state index is 12.1. The van der Waals surface area contributed by atoms with Crippen LogP contribution in [0.15, 0.2) is 29.2 Å². The number of hydrogen-bond acceptors (Lipinski definition) is 2. The standard InChI is InChI=1S/C13H19NOS/c1-5-14(4)13(15)11-8-6-7-9-12(11)16-10(2)3/h6-10H,5H2,1-4H3. The van der Waals surface area contributed by atoms with Crippen LogP contribution in [0, 0.1) is 0 Å². The van der Waals surface area contributed by atoms with Crippen LogP contribution in [-0.2, 0) is 0 Å². The molecule has 0 atom stereocenters. The Morgan fingerprint density at radius 2 is 2.00 bits per heavy atom. The molecular weight excluding hydrogens is 218 g/mol. The minimum atomic E-state index is 0.103. The molecule has 0 radical (unpaired) electrons. The highest BCUT2D eigenvalue weighted by molar-refractivity contribution is 8.00. The topological polar surface area (TPSA) is 20.3 Å². The number of hydrogen-bond donors (Lipinski definition) is 0. The van der Waals surface area contributed by atoms with Gasteiger partial charge in [0.05, 0.1) is 5.56 Å². The van der Waals surface area contributed by atoms with Crippen molar-refractivity contribution in [2.75, 3.05) is 13.6 Å². The van der Waals surface area contributed by atoms with Crippen molar-refractivity contribution in [2.24, 2.45) is 0 Å². The lowest BCUT2D eigenvalue weighted by atomic mass is 10.2. The van der Waals surface area contributed by atoms with Crippen molar-refractivity contribution in [3.63, 3.8) is 0 Å². The van der Waals surface area contributed by atoms with Gasteiger partial charge in [-0.1, -0.05) is 26.0 Å². The highest BCUT2D eigenvalue weighted by atomic mass is 32.2. The van der Waals surface area contributed by atoms with Gasteiger partial charge in [0, 0.05) is 23.7 Å². The summed E-state index contributed by atoms with van der Waals surface area (Å²) in [6, 6.07) is 7.81. The lowest BCUT2D eigenvalue weighted by molar-refractivity contribution is 0.0799. The number of carbonyl (C=O) groups excluding carboxylic acids is 1. The van der Waals surface area contributed by atoms with Gasteiger partial charge >= 0.3 is 0 Å². The molecular formula is C13H19NOS. The predicted octanol–water partition coefficient (Wildman–Crippen LogP) is 3.28. The first-order valence-electron chi connectivity index (χ1n) is 5.57. The minimum Gasteiger partial charge on any atom is -0.342 e. The molecule has 0 saturated heterocycles. The maximum absolute atomic E-state index is 12.1. The van der Waals surface area contributed by atoms with Crippen LogP contribution in [0.5, 0.6) is 0 Å². The number of amides is 1. The Morgan fingerprint density at radius 1 is 1.38 bits per heavy atom. The van der Waals surface area contributed by atoms with Gasteiger partial charge in [-0.3, -0.25) is 4.79 Å². The van der Waals surface area contributed by atoms with Crippen molar-refractivity contribution in [1.82, 2.24) is 4.90 Å². The third kappa shape index (κ3) is 3.27. The Hall–Kier alpha value is -0.960. The van der Waals surface area contributed by atoms with Crippen molar-refractivity contribution >= 4 is 17.7 Å². The van der Waals surface area contributed by atoms with Crippen LogP contribution in [0.3, 0.4) is 0 Å². The van der Waals surface area contributed by atoms with E-state index in [9.17, 15) is 4.79 Å². The number of nitrogens with zero attached hydrogens (tertiary/aromatic N) is 1. The molecule has 0 aromatic heterocycles. The summed E-state index contributed by atoms with van der Waals surface area (Å²) < 4.78 is 0. The molecule has 1 amide bonds. The molecule has 88 valence electrons. The summed E-state index contributed by atoms with van der Waals surface area (Å²) in [7, 11) is 1.83. The Balaban J connectivity index is 2.98. The van der Waals surface area contributed by atoms with Crippen LogP contribution in [-0.4, -0.2) is 29.6 Å². The number of rotatable bonds is 4. The van der Waals surface area contributed by atoms with Crippen molar-refractivity contribution in [2.45, 2.75) is 30.9 Å². The summed E-state index contributed by atoms with van der Waals surface area (Å²) >= 11 is 1.73. The van der Waals surface area contributed by atoms with Crippen LogP contribution < -0.4 is 0 Å². The zero-order chi connectivity index (χ0) is 12.1. The summed E-state index contributed by atoms with van der Waals surface area (Å²) in [6.45, 7) is 6.99. The molecule has 0 spiro atoms. The number of benzene rings is 1. The lowest BCUT2D eigenvalue weighted by Crippen LogP contribution is -2.26. The summed E-state index contributed by atoms with van der Waals surface area (Å²) in [6.07, 6.45) is 0. The molecule has 0 saturated carbocycles. The lowest BCUT2D eigenvalue weighted by Gasteiger charge is -2.17. The minimum absolute atomic E-state index is 0.103. The highest BCUT2D eigenvalue weighted by Crippen LogP contribution is 2.27. The first-order chi connectivity index (χ1) is 7.56. The molecule has 0 aliphatic carbocycles. The second-order valence-corrected chi connectivity index (χ2v) is 5.60. The monoisotopic (exact) mass is 237 g/mol. The van der Waals surface area contributed by atoms with Gasteiger partial charge < -0.3 is 4.90 Å². The summed E-state index contributed by atoms with van der Waals surface area (Å²) in [5, 5.41) is 0.487. The third-order valence-electron chi connectivity index (χ3n) is 2.30. The van der Waals surface area contributed by atoms with Crippen LogP contribution in [0.1, 0.15) is 31.1 Å². The van der Waals surface area contributed by atoms with E-state index < -0.39 is 0 Å². The molecule has 0 unspecified atom stereocenters. The molecule has 0 aliphatic rings. The van der Waals surface area contributed by atoms with E-state index in [-0.39, 0.29) is 5.91 Å². The average Bonchev–Trinajstić information content (AvgIpc) is 2.27. The van der Waals surface area contributed by atoms with Gasteiger partial charge in [0.1, 0.15) is 0 Å². The van der Waals surface area contributed by atoms with Crippen molar-refractivity contribution in [1.29, 1.82) is 0 Å². The quantitative estimate of drug-likeness (QED) is 0.749. The molecule has 0 heterocycles. The van der Waals surface area contributed by atoms with E-state index in [1.165, 1.54) is 0 Å². The smallest absolute Gasteiger partial charge is 0.254 e. The summed E-state index contributed by atoms with van der Waals surface area (Å²) in [4.78, 5) is 14.9.